The highest BCUT2D eigenvalue weighted by Gasteiger charge is 2.17. The van der Waals surface area contributed by atoms with Gasteiger partial charge >= 0.3 is 0 Å². The van der Waals surface area contributed by atoms with Crippen molar-refractivity contribution in [1.82, 2.24) is 10.3 Å². The normalized spacial score (nSPS) is 16.0. The van der Waals surface area contributed by atoms with Gasteiger partial charge in [0.1, 0.15) is 5.75 Å². The zero-order valence-corrected chi connectivity index (χ0v) is 13.3. The summed E-state index contributed by atoms with van der Waals surface area (Å²) in [4.78, 5) is 4.39. The lowest BCUT2D eigenvalue weighted by Crippen LogP contribution is -2.35. The van der Waals surface area contributed by atoms with Gasteiger partial charge in [0.15, 0.2) is 0 Å². The van der Waals surface area contributed by atoms with Gasteiger partial charge in [-0.1, -0.05) is 19.3 Å². The van der Waals surface area contributed by atoms with Crippen LogP contribution in [0.1, 0.15) is 57.7 Å². The molecule has 1 aliphatic carbocycles. The van der Waals surface area contributed by atoms with Gasteiger partial charge in [0.2, 0.25) is 0 Å². The predicted molar refractivity (Wildman–Crippen MR) is 83.0 cm³/mol. The Bertz CT molecular complexity index is 433. The number of aryl methyl sites for hydroxylation is 1. The first-order valence-electron chi connectivity index (χ1n) is 7.77. The van der Waals surface area contributed by atoms with E-state index in [9.17, 15) is 0 Å². The summed E-state index contributed by atoms with van der Waals surface area (Å²) in [7, 11) is 0. The van der Waals surface area contributed by atoms with Gasteiger partial charge in [0, 0.05) is 35.6 Å². The summed E-state index contributed by atoms with van der Waals surface area (Å²) in [5.74, 6) is 1.89. The molecular formula is C17H28N2O. The van der Waals surface area contributed by atoms with Crippen LogP contribution in [0.2, 0.25) is 0 Å². The first kappa shape index (κ1) is 15.3. The van der Waals surface area contributed by atoms with Gasteiger partial charge in [-0.05, 0) is 40.0 Å². The maximum absolute atomic E-state index is 6.01. The number of pyridine rings is 1. The van der Waals surface area contributed by atoms with E-state index in [1.165, 1.54) is 25.7 Å². The van der Waals surface area contributed by atoms with Crippen molar-refractivity contribution in [3.63, 3.8) is 0 Å². The first-order chi connectivity index (χ1) is 9.44. The van der Waals surface area contributed by atoms with Crippen molar-refractivity contribution in [2.45, 2.75) is 65.5 Å². The third kappa shape index (κ3) is 4.78. The maximum atomic E-state index is 6.01. The predicted octanol–water partition coefficient (Wildman–Crippen LogP) is 3.85. The molecule has 1 fully saturated rings. The van der Waals surface area contributed by atoms with E-state index in [0.29, 0.717) is 0 Å². The van der Waals surface area contributed by atoms with Gasteiger partial charge < -0.3 is 10.1 Å². The molecule has 3 nitrogen and oxygen atoms in total. The van der Waals surface area contributed by atoms with Gasteiger partial charge in [0.05, 0.1) is 6.61 Å². The number of nitrogens with zero attached hydrogens (tertiary/aromatic N) is 1. The van der Waals surface area contributed by atoms with Crippen LogP contribution < -0.4 is 10.1 Å². The minimum absolute atomic E-state index is 0.105. The summed E-state index contributed by atoms with van der Waals surface area (Å²) >= 11 is 0. The molecule has 0 aliphatic heterocycles. The van der Waals surface area contributed by atoms with E-state index in [1.54, 1.807) is 0 Å². The molecule has 0 atom stereocenters. The highest BCUT2D eigenvalue weighted by molar-refractivity contribution is 5.32. The second kappa shape index (κ2) is 6.57. The second-order valence-corrected chi connectivity index (χ2v) is 6.97. The molecule has 1 N–H and O–H groups in total. The highest BCUT2D eigenvalue weighted by Crippen LogP contribution is 2.29. The Labute approximate surface area is 123 Å². The van der Waals surface area contributed by atoms with Crippen LogP contribution in [0.3, 0.4) is 0 Å². The van der Waals surface area contributed by atoms with Crippen molar-refractivity contribution >= 4 is 0 Å². The van der Waals surface area contributed by atoms with E-state index in [2.05, 4.69) is 37.1 Å². The third-order valence-electron chi connectivity index (χ3n) is 3.90. The number of rotatable bonds is 6. The molecule has 0 saturated heterocycles. The van der Waals surface area contributed by atoms with Crippen molar-refractivity contribution in [2.24, 2.45) is 5.92 Å². The molecule has 0 bridgehead atoms. The molecule has 0 radical (unpaired) electrons. The molecule has 1 aromatic rings. The zero-order chi connectivity index (χ0) is 14.6. The molecule has 0 aromatic carbocycles. The molecule has 0 unspecified atom stereocenters. The van der Waals surface area contributed by atoms with Crippen LogP contribution in [0.15, 0.2) is 12.3 Å². The van der Waals surface area contributed by atoms with Gasteiger partial charge in [0.25, 0.3) is 0 Å². The lowest BCUT2D eigenvalue weighted by Gasteiger charge is -2.25. The second-order valence-electron chi connectivity index (χ2n) is 6.97. The summed E-state index contributed by atoms with van der Waals surface area (Å²) in [6.45, 7) is 10.2. The molecule has 1 saturated carbocycles. The minimum atomic E-state index is 0.105. The third-order valence-corrected chi connectivity index (χ3v) is 3.90. The Kier molecular flexibility index (Phi) is 5.03. The van der Waals surface area contributed by atoms with Crippen molar-refractivity contribution in [3.05, 3.63) is 23.5 Å². The summed E-state index contributed by atoms with van der Waals surface area (Å²) in [6, 6.07) is 2.06. The number of aromatic nitrogens is 1. The van der Waals surface area contributed by atoms with E-state index in [0.717, 1.165) is 36.1 Å². The fourth-order valence-corrected chi connectivity index (χ4v) is 2.31. The Morgan fingerprint density at radius 2 is 2.10 bits per heavy atom. The van der Waals surface area contributed by atoms with Gasteiger partial charge in [-0.3, -0.25) is 4.98 Å². The maximum Gasteiger partial charge on any atom is 0.127 e. The zero-order valence-electron chi connectivity index (χ0n) is 13.3. The molecule has 2 rings (SSSR count). The Morgan fingerprint density at radius 1 is 1.35 bits per heavy atom. The molecule has 112 valence electrons. The van der Waals surface area contributed by atoms with Crippen LogP contribution in [0.5, 0.6) is 5.75 Å². The Morgan fingerprint density at radius 3 is 2.70 bits per heavy atom. The molecular weight excluding hydrogens is 248 g/mol. The van der Waals surface area contributed by atoms with Crippen molar-refractivity contribution in [3.8, 4) is 5.75 Å². The molecule has 1 heterocycles. The van der Waals surface area contributed by atoms with E-state index < -0.39 is 0 Å². The van der Waals surface area contributed by atoms with Crippen molar-refractivity contribution in [2.75, 3.05) is 6.61 Å². The van der Waals surface area contributed by atoms with E-state index >= 15 is 0 Å². The average Bonchev–Trinajstić information content (AvgIpc) is 2.30. The molecule has 20 heavy (non-hydrogen) atoms. The first-order valence-corrected chi connectivity index (χ1v) is 7.77. The Balaban J connectivity index is 1.91. The number of ether oxygens (including phenoxy) is 1. The smallest absolute Gasteiger partial charge is 0.127 e. The lowest BCUT2D eigenvalue weighted by molar-refractivity contribution is 0.220. The largest absolute Gasteiger partial charge is 0.493 e. The summed E-state index contributed by atoms with van der Waals surface area (Å²) in [5.41, 5.74) is 2.27. The number of nitrogens with one attached hydrogen (secondary N) is 1. The lowest BCUT2D eigenvalue weighted by atomic mass is 9.83. The summed E-state index contributed by atoms with van der Waals surface area (Å²) in [6.07, 6.45) is 7.30. The molecule has 1 aliphatic rings. The van der Waals surface area contributed by atoms with Gasteiger partial charge in [-0.2, -0.15) is 0 Å². The van der Waals surface area contributed by atoms with Crippen molar-refractivity contribution in [1.29, 1.82) is 0 Å². The van der Waals surface area contributed by atoms with Crippen LogP contribution in [0.4, 0.5) is 0 Å². The molecule has 1 aromatic heterocycles. The fraction of sp³-hybridized carbons (Fsp3) is 0.706. The summed E-state index contributed by atoms with van der Waals surface area (Å²) < 4.78 is 6.01. The topological polar surface area (TPSA) is 34.1 Å². The quantitative estimate of drug-likeness (QED) is 0.857. The van der Waals surface area contributed by atoms with Crippen molar-refractivity contribution < 1.29 is 4.74 Å². The van der Waals surface area contributed by atoms with Crippen LogP contribution in [0.25, 0.3) is 0 Å². The van der Waals surface area contributed by atoms with Crippen LogP contribution in [-0.2, 0) is 6.54 Å². The molecule has 0 amide bonds. The van der Waals surface area contributed by atoms with E-state index in [4.69, 9.17) is 4.74 Å². The van der Waals surface area contributed by atoms with Crippen LogP contribution >= 0.6 is 0 Å². The summed E-state index contributed by atoms with van der Waals surface area (Å²) in [5, 5.41) is 3.50. The fourth-order valence-electron chi connectivity index (χ4n) is 2.31. The Hall–Kier alpha value is -1.09. The van der Waals surface area contributed by atoms with Gasteiger partial charge in [-0.25, -0.2) is 0 Å². The van der Waals surface area contributed by atoms with Gasteiger partial charge in [-0.15, -0.1) is 0 Å². The van der Waals surface area contributed by atoms with E-state index in [-0.39, 0.29) is 5.54 Å². The standard InChI is InChI=1S/C17H28N2O/c1-13-10-16(20-9-8-14-6-5-7-14)15(11-18-13)12-19-17(2,3)4/h10-11,14,19H,5-9,12H2,1-4H3. The minimum Gasteiger partial charge on any atom is -0.493 e. The molecule has 0 spiro atoms. The van der Waals surface area contributed by atoms with Crippen LogP contribution in [0, 0.1) is 12.8 Å². The highest BCUT2D eigenvalue weighted by atomic mass is 16.5. The monoisotopic (exact) mass is 276 g/mol. The SMILES string of the molecule is Cc1cc(OCCC2CCC2)c(CNC(C)(C)C)cn1. The molecule has 3 heteroatoms. The van der Waals surface area contributed by atoms with E-state index in [1.807, 2.05) is 13.1 Å². The average molecular weight is 276 g/mol. The number of hydrogen-bond acceptors (Lipinski definition) is 3. The number of hydrogen-bond donors (Lipinski definition) is 1. The van der Waals surface area contributed by atoms with Crippen LogP contribution in [-0.4, -0.2) is 17.1 Å².